The third kappa shape index (κ3) is 7.52. The number of amides is 1. The Labute approximate surface area is 211 Å². The number of thioether (sulfide) groups is 1. The van der Waals surface area contributed by atoms with E-state index in [2.05, 4.69) is 26.5 Å². The molecule has 1 N–H and O–H groups in total. The fourth-order valence-electron chi connectivity index (χ4n) is 2.85. The van der Waals surface area contributed by atoms with Gasteiger partial charge >= 0.3 is 0 Å². The number of nitrogens with one attached hydrogen (secondary N) is 1. The third-order valence-corrected chi connectivity index (χ3v) is 6.85. The first kappa shape index (κ1) is 25.1. The van der Waals surface area contributed by atoms with Crippen molar-refractivity contribution in [2.24, 2.45) is 5.10 Å². The van der Waals surface area contributed by atoms with Gasteiger partial charge in [0.05, 0.1) is 23.0 Å². The summed E-state index contributed by atoms with van der Waals surface area (Å²) in [6, 6.07) is 21.2. The molecule has 1 atom stereocenters. The van der Waals surface area contributed by atoms with Crippen molar-refractivity contribution in [3.05, 3.63) is 92.9 Å². The van der Waals surface area contributed by atoms with Crippen molar-refractivity contribution in [3.63, 3.8) is 0 Å². The topological polar surface area (TPSA) is 59.9 Å². The summed E-state index contributed by atoms with van der Waals surface area (Å²) in [4.78, 5) is 12.3. The van der Waals surface area contributed by atoms with Crippen LogP contribution in [0, 0.1) is 0 Å². The molecule has 172 valence electrons. The van der Waals surface area contributed by atoms with Gasteiger partial charge in [0.15, 0.2) is 11.5 Å². The van der Waals surface area contributed by atoms with Crippen LogP contribution < -0.4 is 14.9 Å². The number of nitrogens with zero attached hydrogens (tertiary/aromatic N) is 1. The minimum absolute atomic E-state index is 0.155. The molecule has 3 aromatic carbocycles. The molecule has 3 aromatic rings. The van der Waals surface area contributed by atoms with Gasteiger partial charge in [0.25, 0.3) is 5.91 Å². The smallest absolute Gasteiger partial charge is 0.252 e. The van der Waals surface area contributed by atoms with Gasteiger partial charge in [0, 0.05) is 16.3 Å². The highest BCUT2D eigenvalue weighted by molar-refractivity contribution is 9.10. The van der Waals surface area contributed by atoms with E-state index in [9.17, 15) is 4.79 Å². The van der Waals surface area contributed by atoms with E-state index >= 15 is 0 Å². The van der Waals surface area contributed by atoms with E-state index in [1.54, 1.807) is 31.2 Å². The molecule has 0 aliphatic carbocycles. The normalized spacial score (nSPS) is 11.9. The van der Waals surface area contributed by atoms with Gasteiger partial charge in [-0.05, 0) is 52.2 Å². The van der Waals surface area contributed by atoms with Crippen LogP contribution in [0.2, 0.25) is 5.02 Å². The number of hydrogen-bond acceptors (Lipinski definition) is 5. The van der Waals surface area contributed by atoms with E-state index in [0.717, 1.165) is 16.9 Å². The van der Waals surface area contributed by atoms with Gasteiger partial charge in [-0.1, -0.05) is 60.1 Å². The Bertz CT molecular complexity index is 1110. The quantitative estimate of drug-likeness (QED) is 0.234. The lowest BCUT2D eigenvalue weighted by Gasteiger charge is -2.14. The summed E-state index contributed by atoms with van der Waals surface area (Å²) < 4.78 is 12.1. The van der Waals surface area contributed by atoms with Gasteiger partial charge in [-0.15, -0.1) is 11.8 Å². The third-order valence-electron chi connectivity index (χ3n) is 4.68. The maximum absolute atomic E-state index is 12.3. The van der Waals surface area contributed by atoms with Crippen LogP contribution in [0.5, 0.6) is 11.5 Å². The molecule has 33 heavy (non-hydrogen) atoms. The van der Waals surface area contributed by atoms with Gasteiger partial charge in [-0.25, -0.2) is 5.43 Å². The number of carbonyl (C=O) groups is 1. The Morgan fingerprint density at radius 1 is 1.18 bits per heavy atom. The lowest BCUT2D eigenvalue weighted by atomic mass is 10.2. The number of hydrogen-bond donors (Lipinski definition) is 1. The van der Waals surface area contributed by atoms with Crippen molar-refractivity contribution in [1.29, 1.82) is 0 Å². The molecule has 0 aromatic heterocycles. The molecular formula is C25H24BrClN2O3S. The van der Waals surface area contributed by atoms with Crippen molar-refractivity contribution in [2.45, 2.75) is 24.5 Å². The number of halogens is 2. The molecule has 8 heteroatoms. The number of hydrazone groups is 1. The number of benzene rings is 3. The largest absolute Gasteiger partial charge is 0.493 e. The summed E-state index contributed by atoms with van der Waals surface area (Å²) in [5, 5.41) is 4.51. The molecule has 0 heterocycles. The zero-order chi connectivity index (χ0) is 23.6. The first-order valence-electron chi connectivity index (χ1n) is 10.2. The number of carbonyl (C=O) groups excluding carboxylic acids is 1. The monoisotopic (exact) mass is 546 g/mol. The van der Waals surface area contributed by atoms with Crippen molar-refractivity contribution >= 4 is 51.4 Å². The van der Waals surface area contributed by atoms with Crippen molar-refractivity contribution in [1.82, 2.24) is 5.43 Å². The van der Waals surface area contributed by atoms with E-state index < -0.39 is 0 Å². The fraction of sp³-hybridized carbons (Fsp3) is 0.200. The maximum Gasteiger partial charge on any atom is 0.252 e. The molecule has 1 amide bonds. The Balaban J connectivity index is 1.58. The first-order chi connectivity index (χ1) is 16.0. The average molecular weight is 548 g/mol. The first-order valence-corrected chi connectivity index (χ1v) is 12.4. The van der Waals surface area contributed by atoms with Gasteiger partial charge in [0.1, 0.15) is 6.61 Å². The molecular weight excluding hydrogens is 524 g/mol. The molecule has 0 radical (unpaired) electrons. The molecule has 0 bridgehead atoms. The minimum Gasteiger partial charge on any atom is -0.493 e. The highest BCUT2D eigenvalue weighted by Crippen LogP contribution is 2.37. The van der Waals surface area contributed by atoms with Crippen molar-refractivity contribution in [2.75, 3.05) is 7.11 Å². The number of ether oxygens (including phenoxy) is 2. The molecule has 0 spiro atoms. The lowest BCUT2D eigenvalue weighted by Crippen LogP contribution is -2.27. The molecule has 3 rings (SSSR count). The molecule has 5 nitrogen and oxygen atoms in total. The van der Waals surface area contributed by atoms with Gasteiger partial charge in [-0.3, -0.25) is 4.79 Å². The summed E-state index contributed by atoms with van der Waals surface area (Å²) in [5.74, 6) is 1.71. The van der Waals surface area contributed by atoms with Gasteiger partial charge in [-0.2, -0.15) is 5.10 Å². The summed E-state index contributed by atoms with van der Waals surface area (Å²) in [6.07, 6.45) is 1.57. The Hall–Kier alpha value is -2.48. The van der Waals surface area contributed by atoms with Crippen LogP contribution in [0.3, 0.4) is 0 Å². The zero-order valence-corrected chi connectivity index (χ0v) is 21.4. The van der Waals surface area contributed by atoms with E-state index in [-0.39, 0.29) is 11.2 Å². The Morgan fingerprint density at radius 2 is 1.91 bits per heavy atom. The number of methoxy groups -OCH3 is 1. The second-order valence-electron chi connectivity index (χ2n) is 7.09. The summed E-state index contributed by atoms with van der Waals surface area (Å²) in [7, 11) is 1.57. The molecule has 0 saturated carbocycles. The van der Waals surface area contributed by atoms with E-state index in [4.69, 9.17) is 21.1 Å². The molecule has 0 aliphatic rings. The molecule has 0 fully saturated rings. The zero-order valence-electron chi connectivity index (χ0n) is 18.3. The SMILES string of the molecule is COc1cc(/C=N\NC(=O)[C@@H](C)SCc2ccccc2)cc(Br)c1OCc1ccccc1Cl. The minimum atomic E-state index is -0.232. The molecule has 0 saturated heterocycles. The lowest BCUT2D eigenvalue weighted by molar-refractivity contribution is -0.120. The Morgan fingerprint density at radius 3 is 2.64 bits per heavy atom. The van der Waals surface area contributed by atoms with Crippen LogP contribution in [0.1, 0.15) is 23.6 Å². The van der Waals surface area contributed by atoms with Crippen LogP contribution in [-0.4, -0.2) is 24.5 Å². The predicted molar refractivity (Wildman–Crippen MR) is 139 cm³/mol. The van der Waals surface area contributed by atoms with E-state index in [0.29, 0.717) is 27.6 Å². The average Bonchev–Trinajstić information content (AvgIpc) is 2.83. The van der Waals surface area contributed by atoms with Crippen LogP contribution >= 0.6 is 39.3 Å². The highest BCUT2D eigenvalue weighted by Gasteiger charge is 2.14. The summed E-state index contributed by atoms with van der Waals surface area (Å²) >= 11 is 11.3. The fourth-order valence-corrected chi connectivity index (χ4v) is 4.46. The second kappa shape index (κ2) is 12.7. The summed E-state index contributed by atoms with van der Waals surface area (Å²) in [5.41, 5.74) is 5.40. The number of rotatable bonds is 10. The van der Waals surface area contributed by atoms with Crippen molar-refractivity contribution in [3.8, 4) is 11.5 Å². The van der Waals surface area contributed by atoms with E-state index in [1.165, 1.54) is 5.56 Å². The van der Waals surface area contributed by atoms with Crippen LogP contribution in [0.4, 0.5) is 0 Å². The summed E-state index contributed by atoms with van der Waals surface area (Å²) in [6.45, 7) is 2.17. The molecule has 0 aliphatic heterocycles. The standard InChI is InChI=1S/C25H24BrClN2O3S/c1-17(33-16-18-8-4-3-5-9-18)25(30)29-28-14-19-12-21(26)24(23(13-19)31-2)32-15-20-10-6-7-11-22(20)27/h3-14,17H,15-16H2,1-2H3,(H,29,30)/b28-14-/t17-/m1/s1. The van der Waals surface area contributed by atoms with Gasteiger partial charge in [0.2, 0.25) is 0 Å². The maximum atomic E-state index is 12.3. The van der Waals surface area contributed by atoms with Crippen LogP contribution in [-0.2, 0) is 17.2 Å². The van der Waals surface area contributed by atoms with E-state index in [1.807, 2.05) is 67.6 Å². The molecule has 0 unspecified atom stereocenters. The van der Waals surface area contributed by atoms with Crippen LogP contribution in [0.15, 0.2) is 76.3 Å². The predicted octanol–water partition coefficient (Wildman–Crippen LogP) is 6.46. The Kier molecular flexibility index (Phi) is 9.66. The van der Waals surface area contributed by atoms with Crippen LogP contribution in [0.25, 0.3) is 0 Å². The second-order valence-corrected chi connectivity index (χ2v) is 9.68. The van der Waals surface area contributed by atoms with Gasteiger partial charge < -0.3 is 9.47 Å². The van der Waals surface area contributed by atoms with Crippen molar-refractivity contribution < 1.29 is 14.3 Å². The highest BCUT2D eigenvalue weighted by atomic mass is 79.9.